The summed E-state index contributed by atoms with van der Waals surface area (Å²) in [5.41, 5.74) is 7.55. The van der Waals surface area contributed by atoms with E-state index in [4.69, 9.17) is 5.73 Å². The Kier molecular flexibility index (Phi) is 3.59. The molecule has 1 aromatic rings. The summed E-state index contributed by atoms with van der Waals surface area (Å²) in [6.45, 7) is 4.58. The molecule has 1 heterocycles. The van der Waals surface area contributed by atoms with Gasteiger partial charge in [0.05, 0.1) is 10.9 Å². The number of carbonyl (C=O) groups is 1. The molecule has 1 aliphatic rings. The van der Waals surface area contributed by atoms with Gasteiger partial charge in [0.15, 0.2) is 0 Å². The maximum absolute atomic E-state index is 11.6. The largest absolute Gasteiger partial charge is 0.383 e. The highest BCUT2D eigenvalue weighted by atomic mass is 32.2. The van der Waals surface area contributed by atoms with E-state index in [9.17, 15) is 4.79 Å². The first-order chi connectivity index (χ1) is 8.06. The SMILES string of the molecule is CC(N)CNc1ccc2c(c1)NC(=O)C(C)S2. The van der Waals surface area contributed by atoms with Crippen molar-refractivity contribution in [2.75, 3.05) is 17.2 Å². The Labute approximate surface area is 105 Å². The minimum atomic E-state index is -0.0228. The molecular weight excluding hydrogens is 234 g/mol. The van der Waals surface area contributed by atoms with Crippen molar-refractivity contribution in [2.24, 2.45) is 5.73 Å². The van der Waals surface area contributed by atoms with Crippen LogP contribution in [0.4, 0.5) is 11.4 Å². The molecule has 0 saturated heterocycles. The number of nitrogens with two attached hydrogens (primary N) is 1. The van der Waals surface area contributed by atoms with E-state index in [0.717, 1.165) is 22.8 Å². The van der Waals surface area contributed by atoms with Gasteiger partial charge in [-0.2, -0.15) is 0 Å². The van der Waals surface area contributed by atoms with E-state index in [2.05, 4.69) is 10.6 Å². The fourth-order valence-electron chi connectivity index (χ4n) is 1.60. The molecule has 1 aliphatic heterocycles. The fraction of sp³-hybridized carbons (Fsp3) is 0.417. The number of anilines is 2. The van der Waals surface area contributed by atoms with Gasteiger partial charge in [0.1, 0.15) is 0 Å². The summed E-state index contributed by atoms with van der Waals surface area (Å²) in [7, 11) is 0. The molecule has 2 atom stereocenters. The van der Waals surface area contributed by atoms with Gasteiger partial charge in [0, 0.05) is 23.2 Å². The third-order valence-corrected chi connectivity index (χ3v) is 3.72. The average Bonchev–Trinajstić information content (AvgIpc) is 2.28. The van der Waals surface area contributed by atoms with Crippen LogP contribution in [0.5, 0.6) is 0 Å². The van der Waals surface area contributed by atoms with Gasteiger partial charge >= 0.3 is 0 Å². The highest BCUT2D eigenvalue weighted by molar-refractivity contribution is 8.00. The normalized spacial score (nSPS) is 20.4. The number of hydrogen-bond acceptors (Lipinski definition) is 4. The van der Waals surface area contributed by atoms with Crippen molar-refractivity contribution in [1.82, 2.24) is 0 Å². The summed E-state index contributed by atoms with van der Waals surface area (Å²) in [6.07, 6.45) is 0. The Bertz CT molecular complexity index is 434. The van der Waals surface area contributed by atoms with Gasteiger partial charge in [-0.1, -0.05) is 0 Å². The van der Waals surface area contributed by atoms with Crippen LogP contribution < -0.4 is 16.4 Å². The van der Waals surface area contributed by atoms with Crippen LogP contribution in [0.15, 0.2) is 23.1 Å². The van der Waals surface area contributed by atoms with Crippen LogP contribution in [0.1, 0.15) is 13.8 Å². The third-order valence-electron chi connectivity index (χ3n) is 2.54. The van der Waals surface area contributed by atoms with Crippen LogP contribution in [-0.4, -0.2) is 23.7 Å². The first kappa shape index (κ1) is 12.3. The lowest BCUT2D eigenvalue weighted by Gasteiger charge is -2.22. The molecule has 0 aromatic heterocycles. The van der Waals surface area contributed by atoms with Crippen LogP contribution in [0.25, 0.3) is 0 Å². The van der Waals surface area contributed by atoms with E-state index in [-0.39, 0.29) is 17.2 Å². The van der Waals surface area contributed by atoms with E-state index < -0.39 is 0 Å². The second kappa shape index (κ2) is 4.98. The van der Waals surface area contributed by atoms with Gasteiger partial charge in [-0.05, 0) is 32.0 Å². The van der Waals surface area contributed by atoms with Crippen molar-refractivity contribution in [3.05, 3.63) is 18.2 Å². The van der Waals surface area contributed by atoms with Crippen LogP contribution in [0.2, 0.25) is 0 Å². The van der Waals surface area contributed by atoms with Gasteiger partial charge in [-0.3, -0.25) is 4.79 Å². The van der Waals surface area contributed by atoms with E-state index in [1.165, 1.54) is 0 Å². The summed E-state index contributed by atoms with van der Waals surface area (Å²) in [6, 6.07) is 6.10. The molecule has 0 aliphatic carbocycles. The number of fused-ring (bicyclic) bond motifs is 1. The highest BCUT2D eigenvalue weighted by Crippen LogP contribution is 2.36. The molecule has 0 bridgehead atoms. The quantitative estimate of drug-likeness (QED) is 0.767. The lowest BCUT2D eigenvalue weighted by Crippen LogP contribution is -2.27. The van der Waals surface area contributed by atoms with Gasteiger partial charge in [0.25, 0.3) is 0 Å². The van der Waals surface area contributed by atoms with Crippen molar-refractivity contribution < 1.29 is 4.79 Å². The molecule has 0 spiro atoms. The van der Waals surface area contributed by atoms with Crippen LogP contribution in [0, 0.1) is 0 Å². The standard InChI is InChI=1S/C12H17N3OS/c1-7(13)6-14-9-3-4-11-10(5-9)15-12(16)8(2)17-11/h3-5,7-8,14H,6,13H2,1-2H3,(H,15,16). The molecule has 4 nitrogen and oxygen atoms in total. The van der Waals surface area contributed by atoms with Crippen molar-refractivity contribution in [2.45, 2.75) is 30.0 Å². The lowest BCUT2D eigenvalue weighted by molar-refractivity contribution is -0.115. The number of thioether (sulfide) groups is 1. The van der Waals surface area contributed by atoms with Crippen LogP contribution in [-0.2, 0) is 4.79 Å². The molecule has 0 radical (unpaired) electrons. The predicted octanol–water partition coefficient (Wildman–Crippen LogP) is 1.88. The minimum absolute atomic E-state index is 0.0228. The zero-order valence-corrected chi connectivity index (χ0v) is 10.8. The number of nitrogens with one attached hydrogen (secondary N) is 2. The summed E-state index contributed by atoms with van der Waals surface area (Å²) >= 11 is 1.59. The molecular formula is C12H17N3OS. The fourth-order valence-corrected chi connectivity index (χ4v) is 2.53. The van der Waals surface area contributed by atoms with Crippen molar-refractivity contribution in [3.8, 4) is 0 Å². The van der Waals surface area contributed by atoms with E-state index in [0.29, 0.717) is 0 Å². The second-order valence-corrected chi connectivity index (χ2v) is 5.70. The molecule has 2 rings (SSSR count). The van der Waals surface area contributed by atoms with Crippen LogP contribution >= 0.6 is 11.8 Å². The number of benzene rings is 1. The lowest BCUT2D eigenvalue weighted by atomic mass is 10.2. The number of hydrogen-bond donors (Lipinski definition) is 3. The molecule has 92 valence electrons. The topological polar surface area (TPSA) is 67.2 Å². The molecule has 0 saturated carbocycles. The molecule has 0 fully saturated rings. The smallest absolute Gasteiger partial charge is 0.237 e. The van der Waals surface area contributed by atoms with Gasteiger partial charge < -0.3 is 16.4 Å². The molecule has 1 aromatic carbocycles. The zero-order chi connectivity index (χ0) is 12.4. The maximum atomic E-state index is 11.6. The Balaban J connectivity index is 2.14. The summed E-state index contributed by atoms with van der Waals surface area (Å²) in [5.74, 6) is 0.0619. The number of carbonyl (C=O) groups excluding carboxylic acids is 1. The Morgan fingerprint density at radius 1 is 1.59 bits per heavy atom. The highest BCUT2D eigenvalue weighted by Gasteiger charge is 2.22. The number of rotatable bonds is 3. The minimum Gasteiger partial charge on any atom is -0.383 e. The maximum Gasteiger partial charge on any atom is 0.237 e. The van der Waals surface area contributed by atoms with E-state index in [1.54, 1.807) is 11.8 Å². The molecule has 5 heteroatoms. The summed E-state index contributed by atoms with van der Waals surface area (Å²) in [4.78, 5) is 12.7. The average molecular weight is 251 g/mol. The predicted molar refractivity (Wildman–Crippen MR) is 72.5 cm³/mol. The second-order valence-electron chi connectivity index (χ2n) is 4.32. The zero-order valence-electron chi connectivity index (χ0n) is 9.99. The van der Waals surface area contributed by atoms with Crippen LogP contribution in [0.3, 0.4) is 0 Å². The first-order valence-corrected chi connectivity index (χ1v) is 6.55. The third kappa shape index (κ3) is 2.92. The number of amides is 1. The van der Waals surface area contributed by atoms with Crippen molar-refractivity contribution in [1.29, 1.82) is 0 Å². The Morgan fingerprint density at radius 3 is 3.06 bits per heavy atom. The molecule has 17 heavy (non-hydrogen) atoms. The van der Waals surface area contributed by atoms with Gasteiger partial charge in [-0.25, -0.2) is 0 Å². The monoisotopic (exact) mass is 251 g/mol. The molecule has 4 N–H and O–H groups in total. The van der Waals surface area contributed by atoms with Gasteiger partial charge in [0.2, 0.25) is 5.91 Å². The van der Waals surface area contributed by atoms with Crippen molar-refractivity contribution >= 4 is 29.0 Å². The van der Waals surface area contributed by atoms with E-state index in [1.807, 2.05) is 32.0 Å². The van der Waals surface area contributed by atoms with Crippen molar-refractivity contribution in [3.63, 3.8) is 0 Å². The Morgan fingerprint density at radius 2 is 2.35 bits per heavy atom. The van der Waals surface area contributed by atoms with Gasteiger partial charge in [-0.15, -0.1) is 11.8 Å². The molecule has 2 unspecified atom stereocenters. The molecule has 1 amide bonds. The van der Waals surface area contributed by atoms with E-state index >= 15 is 0 Å². The summed E-state index contributed by atoms with van der Waals surface area (Å²) < 4.78 is 0. The first-order valence-electron chi connectivity index (χ1n) is 5.67. The summed E-state index contributed by atoms with van der Waals surface area (Å²) in [5, 5.41) is 6.12. The Hall–Kier alpha value is -1.20.